The molecule has 1 unspecified atom stereocenters. The third-order valence-electron chi connectivity index (χ3n) is 2.94. The third-order valence-corrected chi connectivity index (χ3v) is 3.39. The van der Waals surface area contributed by atoms with Crippen LogP contribution in [0.15, 0.2) is 64.8 Å². The van der Waals surface area contributed by atoms with Gasteiger partial charge in [-0.3, -0.25) is 4.79 Å². The van der Waals surface area contributed by atoms with E-state index in [0.717, 1.165) is 11.4 Å². The van der Waals surface area contributed by atoms with Gasteiger partial charge in [0.05, 0.1) is 16.4 Å². The molecule has 0 aliphatic carbocycles. The number of rotatable bonds is 5. The van der Waals surface area contributed by atoms with Gasteiger partial charge in [-0.1, -0.05) is 30.4 Å². The number of carboxylic acids is 1. The fourth-order valence-corrected chi connectivity index (χ4v) is 1.80. The summed E-state index contributed by atoms with van der Waals surface area (Å²) in [5.41, 5.74) is 2.20. The molecule has 0 fully saturated rings. The van der Waals surface area contributed by atoms with Gasteiger partial charge >= 0.3 is 5.97 Å². The number of anilines is 1. The van der Waals surface area contributed by atoms with Crippen molar-refractivity contribution in [2.24, 2.45) is 16.1 Å². The molecule has 5 nitrogen and oxygen atoms in total. The van der Waals surface area contributed by atoms with Crippen LogP contribution in [0.25, 0.3) is 0 Å². The van der Waals surface area contributed by atoms with Crippen molar-refractivity contribution in [3.05, 3.63) is 54.6 Å². The molecule has 0 saturated carbocycles. The fraction of sp³-hybridized carbons (Fsp3) is 0.125. The molecular weight excluding hydrogens is 298 g/mol. The molecule has 0 spiro atoms. The lowest BCUT2D eigenvalue weighted by molar-refractivity contribution is -0.138. The van der Waals surface area contributed by atoms with Crippen LogP contribution in [0.5, 0.6) is 0 Å². The SMILES string of the molecule is CC(C(=O)O)C(=S)Nc1ccc(N=Nc2ccccc2)cc1. The summed E-state index contributed by atoms with van der Waals surface area (Å²) in [6.45, 7) is 1.54. The van der Waals surface area contributed by atoms with Gasteiger partial charge in [0.15, 0.2) is 0 Å². The number of hydrogen-bond donors (Lipinski definition) is 2. The summed E-state index contributed by atoms with van der Waals surface area (Å²) in [7, 11) is 0. The summed E-state index contributed by atoms with van der Waals surface area (Å²) < 4.78 is 0. The van der Waals surface area contributed by atoms with E-state index in [1.165, 1.54) is 0 Å². The molecule has 0 radical (unpaired) electrons. The highest BCUT2D eigenvalue weighted by molar-refractivity contribution is 7.80. The molecule has 6 heteroatoms. The van der Waals surface area contributed by atoms with Gasteiger partial charge in [0.25, 0.3) is 0 Å². The minimum atomic E-state index is -0.953. The van der Waals surface area contributed by atoms with E-state index in [2.05, 4.69) is 15.5 Å². The summed E-state index contributed by atoms with van der Waals surface area (Å²) in [5.74, 6) is -1.68. The van der Waals surface area contributed by atoms with Crippen LogP contribution < -0.4 is 5.32 Å². The van der Waals surface area contributed by atoms with E-state index < -0.39 is 11.9 Å². The van der Waals surface area contributed by atoms with Crippen LogP contribution in [-0.4, -0.2) is 16.1 Å². The zero-order valence-corrected chi connectivity index (χ0v) is 12.7. The lowest BCUT2D eigenvalue weighted by atomic mass is 10.2. The molecule has 2 aromatic carbocycles. The number of benzene rings is 2. The van der Waals surface area contributed by atoms with Crippen LogP contribution in [0, 0.1) is 5.92 Å². The van der Waals surface area contributed by atoms with Gasteiger partial charge in [-0.05, 0) is 43.3 Å². The molecule has 0 aliphatic rings. The Hall–Kier alpha value is -2.60. The normalized spacial score (nSPS) is 12.0. The van der Waals surface area contributed by atoms with E-state index in [1.54, 1.807) is 31.2 Å². The number of carboxylic acid groups (broad SMARTS) is 1. The molecular formula is C16H15N3O2S. The molecule has 0 bridgehead atoms. The van der Waals surface area contributed by atoms with E-state index in [4.69, 9.17) is 17.3 Å². The van der Waals surface area contributed by atoms with Crippen molar-refractivity contribution >= 4 is 40.2 Å². The molecule has 0 saturated heterocycles. The molecule has 0 amide bonds. The van der Waals surface area contributed by atoms with Gasteiger partial charge in [-0.2, -0.15) is 10.2 Å². The lowest BCUT2D eigenvalue weighted by Gasteiger charge is -2.11. The summed E-state index contributed by atoms with van der Waals surface area (Å²) in [5, 5.41) is 20.1. The predicted octanol–water partition coefficient (Wildman–Crippen LogP) is 4.56. The zero-order chi connectivity index (χ0) is 15.9. The zero-order valence-electron chi connectivity index (χ0n) is 11.9. The maximum Gasteiger partial charge on any atom is 0.313 e. The van der Waals surface area contributed by atoms with Gasteiger partial charge in [-0.15, -0.1) is 0 Å². The van der Waals surface area contributed by atoms with Crippen molar-refractivity contribution in [1.82, 2.24) is 0 Å². The van der Waals surface area contributed by atoms with Crippen LogP contribution in [0.3, 0.4) is 0 Å². The average Bonchev–Trinajstić information content (AvgIpc) is 2.54. The Morgan fingerprint density at radius 3 is 2.14 bits per heavy atom. The number of azo groups is 1. The summed E-state index contributed by atoms with van der Waals surface area (Å²) >= 11 is 5.05. The Bertz CT molecular complexity index is 684. The average molecular weight is 313 g/mol. The molecule has 2 N–H and O–H groups in total. The second-order valence-electron chi connectivity index (χ2n) is 4.63. The molecule has 112 valence electrons. The van der Waals surface area contributed by atoms with Gasteiger partial charge in [-0.25, -0.2) is 0 Å². The monoisotopic (exact) mass is 313 g/mol. The Morgan fingerprint density at radius 1 is 1.05 bits per heavy atom. The summed E-state index contributed by atoms with van der Waals surface area (Å²) in [6.07, 6.45) is 0. The van der Waals surface area contributed by atoms with Crippen molar-refractivity contribution in [2.75, 3.05) is 5.32 Å². The van der Waals surface area contributed by atoms with E-state index in [0.29, 0.717) is 5.69 Å². The molecule has 0 aromatic heterocycles. The van der Waals surface area contributed by atoms with Crippen LogP contribution >= 0.6 is 12.2 Å². The first-order valence-corrected chi connectivity index (χ1v) is 7.07. The highest BCUT2D eigenvalue weighted by atomic mass is 32.1. The molecule has 1 atom stereocenters. The predicted molar refractivity (Wildman–Crippen MR) is 90.1 cm³/mol. The Balaban J connectivity index is 2.00. The maximum atomic E-state index is 10.9. The van der Waals surface area contributed by atoms with E-state index in [-0.39, 0.29) is 4.99 Å². The first kappa shape index (κ1) is 15.8. The summed E-state index contributed by atoms with van der Waals surface area (Å²) in [4.78, 5) is 11.1. The largest absolute Gasteiger partial charge is 0.481 e. The number of aliphatic carboxylic acids is 1. The number of nitrogens with zero attached hydrogens (tertiary/aromatic N) is 2. The van der Waals surface area contributed by atoms with Gasteiger partial charge in [0.1, 0.15) is 5.92 Å². The van der Waals surface area contributed by atoms with Crippen molar-refractivity contribution in [2.45, 2.75) is 6.92 Å². The number of thiocarbonyl (C=S) groups is 1. The van der Waals surface area contributed by atoms with Crippen molar-refractivity contribution in [3.63, 3.8) is 0 Å². The van der Waals surface area contributed by atoms with Gasteiger partial charge in [0, 0.05) is 5.69 Å². The van der Waals surface area contributed by atoms with E-state index in [9.17, 15) is 4.79 Å². The molecule has 2 rings (SSSR count). The Kier molecular flexibility index (Phi) is 5.32. The van der Waals surface area contributed by atoms with Crippen LogP contribution in [-0.2, 0) is 4.79 Å². The minimum absolute atomic E-state index is 0.270. The van der Waals surface area contributed by atoms with Gasteiger partial charge < -0.3 is 10.4 Å². The lowest BCUT2D eigenvalue weighted by Crippen LogP contribution is -2.25. The third kappa shape index (κ3) is 4.46. The van der Waals surface area contributed by atoms with E-state index >= 15 is 0 Å². The second-order valence-corrected chi connectivity index (χ2v) is 5.07. The van der Waals surface area contributed by atoms with Crippen LogP contribution in [0.1, 0.15) is 6.92 Å². The highest BCUT2D eigenvalue weighted by Gasteiger charge is 2.16. The second kappa shape index (κ2) is 7.42. The van der Waals surface area contributed by atoms with Crippen LogP contribution in [0.2, 0.25) is 0 Å². The van der Waals surface area contributed by atoms with Crippen LogP contribution in [0.4, 0.5) is 17.1 Å². The fourth-order valence-electron chi connectivity index (χ4n) is 1.58. The first-order valence-electron chi connectivity index (χ1n) is 6.67. The summed E-state index contributed by atoms with van der Waals surface area (Å²) in [6, 6.07) is 16.6. The first-order chi connectivity index (χ1) is 10.6. The van der Waals surface area contributed by atoms with Crippen molar-refractivity contribution < 1.29 is 9.90 Å². The number of nitrogens with one attached hydrogen (secondary N) is 1. The molecule has 0 heterocycles. The van der Waals surface area contributed by atoms with E-state index in [1.807, 2.05) is 30.3 Å². The standard InChI is InChI=1S/C16H15N3O2S/c1-11(16(20)21)15(22)17-12-7-9-14(10-8-12)19-18-13-5-3-2-4-6-13/h2-11H,1H3,(H,17,22)(H,20,21). The maximum absolute atomic E-state index is 10.9. The Labute approximate surface area is 133 Å². The van der Waals surface area contributed by atoms with Crippen molar-refractivity contribution in [3.8, 4) is 0 Å². The van der Waals surface area contributed by atoms with Crippen molar-refractivity contribution in [1.29, 1.82) is 0 Å². The quantitative estimate of drug-likeness (QED) is 0.626. The molecule has 2 aromatic rings. The smallest absolute Gasteiger partial charge is 0.313 e. The Morgan fingerprint density at radius 2 is 1.59 bits per heavy atom. The number of hydrogen-bond acceptors (Lipinski definition) is 4. The topological polar surface area (TPSA) is 74.0 Å². The highest BCUT2D eigenvalue weighted by Crippen LogP contribution is 2.20. The van der Waals surface area contributed by atoms with Gasteiger partial charge in [0.2, 0.25) is 0 Å². The molecule has 0 aliphatic heterocycles. The minimum Gasteiger partial charge on any atom is -0.481 e. The molecule has 22 heavy (non-hydrogen) atoms. The number of carbonyl (C=O) groups is 1.